The van der Waals surface area contributed by atoms with E-state index in [0.717, 1.165) is 12.8 Å². The normalized spacial score (nSPS) is 17.4. The second-order valence-electron chi connectivity index (χ2n) is 6.70. The van der Waals surface area contributed by atoms with Crippen molar-refractivity contribution < 1.29 is 28.9 Å². The molecule has 0 radical (unpaired) electrons. The van der Waals surface area contributed by atoms with Crippen LogP contribution in [0.1, 0.15) is 73.9 Å². The molecule has 146 valence electrons. The fourth-order valence-electron chi connectivity index (χ4n) is 3.28. The van der Waals surface area contributed by atoms with Gasteiger partial charge in [-0.3, -0.25) is 0 Å². The Labute approximate surface area is 154 Å². The van der Waals surface area contributed by atoms with E-state index >= 15 is 0 Å². The summed E-state index contributed by atoms with van der Waals surface area (Å²) in [5.41, 5.74) is -0.181. The number of aromatic amines is 1. The minimum Gasteiger partial charge on any atom is -0.487 e. The summed E-state index contributed by atoms with van der Waals surface area (Å²) in [5, 5.41) is 9.39. The highest BCUT2D eigenvalue weighted by molar-refractivity contribution is 5.98. The molecule has 26 heavy (non-hydrogen) atoms. The number of hydrogen-bond donors (Lipinski definition) is 2. The van der Waals surface area contributed by atoms with E-state index in [1.807, 2.05) is 0 Å². The van der Waals surface area contributed by atoms with E-state index < -0.39 is 11.9 Å². The lowest BCUT2D eigenvalue weighted by atomic mass is 9.89. The smallest absolute Gasteiger partial charge is 0.358 e. The minimum absolute atomic E-state index is 0.00192. The Kier molecular flexibility index (Phi) is 7.36. The first-order valence-corrected chi connectivity index (χ1v) is 9.43. The third-order valence-corrected chi connectivity index (χ3v) is 4.74. The number of ether oxygens (including phenoxy) is 3. The number of esters is 1. The Morgan fingerprint density at radius 1 is 1.19 bits per heavy atom. The number of carboxylic acid groups (broad SMARTS) is 1. The first kappa shape index (κ1) is 20.1. The Morgan fingerprint density at radius 3 is 2.38 bits per heavy atom. The first-order chi connectivity index (χ1) is 12.5. The van der Waals surface area contributed by atoms with Crippen molar-refractivity contribution in [2.75, 3.05) is 19.8 Å². The van der Waals surface area contributed by atoms with Gasteiger partial charge in [-0.1, -0.05) is 39.5 Å². The third kappa shape index (κ3) is 4.71. The van der Waals surface area contributed by atoms with Crippen LogP contribution in [0.25, 0.3) is 0 Å². The number of H-pyrrole nitrogens is 1. The predicted octanol–water partition coefficient (Wildman–Crippen LogP) is 3.88. The fourth-order valence-corrected chi connectivity index (χ4v) is 3.28. The number of aromatic carboxylic acids is 1. The van der Waals surface area contributed by atoms with E-state index in [0.29, 0.717) is 19.1 Å². The molecule has 1 aromatic rings. The number of aromatic nitrogens is 1. The topological polar surface area (TPSA) is 97.9 Å². The zero-order valence-corrected chi connectivity index (χ0v) is 15.8. The highest BCUT2D eigenvalue weighted by atomic mass is 16.5. The number of rotatable bonds is 9. The summed E-state index contributed by atoms with van der Waals surface area (Å²) in [6, 6.07) is 0. The molecule has 1 aliphatic rings. The van der Waals surface area contributed by atoms with Crippen LogP contribution in [0.4, 0.5) is 0 Å². The van der Waals surface area contributed by atoms with Gasteiger partial charge in [-0.2, -0.15) is 0 Å². The van der Waals surface area contributed by atoms with E-state index in [1.54, 1.807) is 6.92 Å². The molecule has 2 heterocycles. The Bertz CT molecular complexity index is 624. The van der Waals surface area contributed by atoms with Crippen molar-refractivity contribution in [2.24, 2.45) is 11.8 Å². The largest absolute Gasteiger partial charge is 0.487 e. The number of carboxylic acids is 1. The van der Waals surface area contributed by atoms with Crippen LogP contribution in [0.15, 0.2) is 0 Å². The molecule has 0 bridgehead atoms. The molecule has 2 N–H and O–H groups in total. The predicted molar refractivity (Wildman–Crippen MR) is 96.1 cm³/mol. The maximum atomic E-state index is 12.1. The maximum absolute atomic E-state index is 12.1. The van der Waals surface area contributed by atoms with Gasteiger partial charge in [0, 0.05) is 5.92 Å². The zero-order chi connectivity index (χ0) is 19.1. The van der Waals surface area contributed by atoms with Crippen molar-refractivity contribution >= 4 is 11.9 Å². The van der Waals surface area contributed by atoms with E-state index in [2.05, 4.69) is 18.8 Å². The van der Waals surface area contributed by atoms with Gasteiger partial charge in [0.05, 0.1) is 19.8 Å². The molecule has 0 spiro atoms. The quantitative estimate of drug-likeness (QED) is 0.643. The zero-order valence-electron chi connectivity index (χ0n) is 15.8. The molecule has 2 atom stereocenters. The van der Waals surface area contributed by atoms with Crippen LogP contribution in [-0.4, -0.2) is 41.8 Å². The lowest BCUT2D eigenvalue weighted by Crippen LogP contribution is -2.21. The van der Waals surface area contributed by atoms with Gasteiger partial charge in [0.25, 0.3) is 0 Å². The molecule has 0 fully saturated rings. The fraction of sp³-hybridized carbons (Fsp3) is 0.684. The standard InChI is InChI=1S/C19H29NO6/c1-4-7-8-12(5-2)9-13-10-25-16-14(18(21)22)20-15(17(16)26-11-13)19(23)24-6-3/h12-13,20H,4-11H2,1-3H3,(H,21,22). The van der Waals surface area contributed by atoms with E-state index in [9.17, 15) is 14.7 Å². The Morgan fingerprint density at radius 2 is 1.85 bits per heavy atom. The first-order valence-electron chi connectivity index (χ1n) is 9.43. The van der Waals surface area contributed by atoms with Crippen molar-refractivity contribution in [3.8, 4) is 11.5 Å². The second-order valence-corrected chi connectivity index (χ2v) is 6.70. The van der Waals surface area contributed by atoms with Gasteiger partial charge in [0.2, 0.25) is 0 Å². The van der Waals surface area contributed by atoms with Crippen LogP contribution in [0.2, 0.25) is 0 Å². The molecular formula is C19H29NO6. The summed E-state index contributed by atoms with van der Waals surface area (Å²) < 4.78 is 16.6. The molecule has 0 amide bonds. The molecule has 1 aromatic heterocycles. The van der Waals surface area contributed by atoms with Gasteiger partial charge in [-0.25, -0.2) is 9.59 Å². The monoisotopic (exact) mass is 367 g/mol. The third-order valence-electron chi connectivity index (χ3n) is 4.74. The number of nitrogens with one attached hydrogen (secondary N) is 1. The number of hydrogen-bond acceptors (Lipinski definition) is 5. The van der Waals surface area contributed by atoms with Gasteiger partial charge >= 0.3 is 11.9 Å². The van der Waals surface area contributed by atoms with Crippen LogP contribution < -0.4 is 9.47 Å². The van der Waals surface area contributed by atoms with Crippen LogP contribution in [0, 0.1) is 11.8 Å². The second kappa shape index (κ2) is 9.50. The van der Waals surface area contributed by atoms with Crippen molar-refractivity contribution in [3.05, 3.63) is 11.4 Å². The van der Waals surface area contributed by atoms with Crippen molar-refractivity contribution in [1.29, 1.82) is 0 Å². The number of carbonyl (C=O) groups excluding carboxylic acids is 1. The summed E-state index contributed by atoms with van der Waals surface area (Å²) >= 11 is 0. The Hall–Kier alpha value is -2.18. The number of unbranched alkanes of at least 4 members (excludes halogenated alkanes) is 1. The molecule has 1 aliphatic heterocycles. The molecule has 2 unspecified atom stereocenters. The van der Waals surface area contributed by atoms with Crippen LogP contribution in [0.5, 0.6) is 11.5 Å². The van der Waals surface area contributed by atoms with E-state index in [4.69, 9.17) is 14.2 Å². The minimum atomic E-state index is -1.20. The molecule has 0 aromatic carbocycles. The summed E-state index contributed by atoms with van der Waals surface area (Å²) in [4.78, 5) is 26.2. The lowest BCUT2D eigenvalue weighted by Gasteiger charge is -2.20. The maximum Gasteiger partial charge on any atom is 0.358 e. The van der Waals surface area contributed by atoms with Crippen molar-refractivity contribution in [2.45, 2.75) is 52.9 Å². The van der Waals surface area contributed by atoms with Crippen molar-refractivity contribution in [1.82, 2.24) is 4.98 Å². The summed E-state index contributed by atoms with van der Waals surface area (Å²) in [5.74, 6) is -0.869. The average molecular weight is 367 g/mol. The highest BCUT2D eigenvalue weighted by Crippen LogP contribution is 2.39. The SMILES string of the molecule is CCCCC(CC)CC1COc2c(C(=O)O)[nH]c(C(=O)OCC)c2OC1. The van der Waals surface area contributed by atoms with Gasteiger partial charge in [0.1, 0.15) is 0 Å². The molecular weight excluding hydrogens is 338 g/mol. The summed E-state index contributed by atoms with van der Waals surface area (Å²) in [6.07, 6.45) is 5.60. The summed E-state index contributed by atoms with van der Waals surface area (Å²) in [6.45, 7) is 7.00. The number of fused-ring (bicyclic) bond motifs is 1. The number of carbonyl (C=O) groups is 2. The van der Waals surface area contributed by atoms with E-state index in [1.165, 1.54) is 19.3 Å². The lowest BCUT2D eigenvalue weighted by molar-refractivity contribution is 0.0514. The molecule has 2 rings (SSSR count). The highest BCUT2D eigenvalue weighted by Gasteiger charge is 2.32. The van der Waals surface area contributed by atoms with Gasteiger partial charge < -0.3 is 24.3 Å². The van der Waals surface area contributed by atoms with Gasteiger partial charge in [-0.15, -0.1) is 0 Å². The molecule has 0 aliphatic carbocycles. The average Bonchev–Trinajstić information content (AvgIpc) is 2.87. The Balaban J connectivity index is 2.16. The van der Waals surface area contributed by atoms with Gasteiger partial charge in [-0.05, 0) is 19.3 Å². The van der Waals surface area contributed by atoms with E-state index in [-0.39, 0.29) is 35.4 Å². The summed E-state index contributed by atoms with van der Waals surface area (Å²) in [7, 11) is 0. The van der Waals surface area contributed by atoms with Crippen molar-refractivity contribution in [3.63, 3.8) is 0 Å². The molecule has 0 saturated carbocycles. The molecule has 7 heteroatoms. The van der Waals surface area contributed by atoms with Crippen LogP contribution in [0.3, 0.4) is 0 Å². The van der Waals surface area contributed by atoms with Crippen LogP contribution >= 0.6 is 0 Å². The molecule has 7 nitrogen and oxygen atoms in total. The van der Waals surface area contributed by atoms with Gasteiger partial charge in [0.15, 0.2) is 22.9 Å². The molecule has 0 saturated heterocycles. The van der Waals surface area contributed by atoms with Crippen LogP contribution in [-0.2, 0) is 4.74 Å².